The van der Waals surface area contributed by atoms with Crippen LogP contribution in [-0.2, 0) is 0 Å². The number of piperidine rings is 1. The van der Waals surface area contributed by atoms with Crippen LogP contribution in [0.1, 0.15) is 61.7 Å². The molecular weight excluding hydrogens is 421 g/mol. The molecule has 4 aliphatic carbocycles. The Kier molecular flexibility index (Phi) is 6.81. The SMILES string of the molecule is Cl.O=C(NCC12CC3CC(CC(C3)C1)C2)c1cc(OCC2CCCNC2)ncc1Cl. The van der Waals surface area contributed by atoms with E-state index in [9.17, 15) is 4.79 Å². The largest absolute Gasteiger partial charge is 0.477 e. The van der Waals surface area contributed by atoms with E-state index in [1.54, 1.807) is 6.07 Å². The Balaban J connectivity index is 0.00000218. The van der Waals surface area contributed by atoms with Crippen LogP contribution in [0, 0.1) is 29.1 Å². The van der Waals surface area contributed by atoms with Crippen molar-refractivity contribution in [3.8, 4) is 5.88 Å². The number of amides is 1. The predicted octanol–water partition coefficient (Wildman–Crippen LogP) is 4.48. The minimum atomic E-state index is -0.0997. The molecule has 0 radical (unpaired) electrons. The molecule has 5 fully saturated rings. The minimum Gasteiger partial charge on any atom is -0.477 e. The van der Waals surface area contributed by atoms with E-state index in [1.165, 1.54) is 57.6 Å². The van der Waals surface area contributed by atoms with E-state index in [2.05, 4.69) is 15.6 Å². The molecule has 1 atom stereocenters. The number of carbonyl (C=O) groups is 1. The Hall–Kier alpha value is -1.04. The molecule has 5 nitrogen and oxygen atoms in total. The molecule has 0 aromatic carbocycles. The number of hydrogen-bond donors (Lipinski definition) is 2. The van der Waals surface area contributed by atoms with Crippen molar-refractivity contribution in [3.05, 3.63) is 22.8 Å². The van der Waals surface area contributed by atoms with Gasteiger partial charge in [-0.25, -0.2) is 4.98 Å². The molecule has 5 aliphatic rings. The highest BCUT2D eigenvalue weighted by Crippen LogP contribution is 2.59. The van der Waals surface area contributed by atoms with Crippen molar-refractivity contribution >= 4 is 29.9 Å². The topological polar surface area (TPSA) is 63.2 Å². The molecule has 1 unspecified atom stereocenters. The first-order valence-corrected chi connectivity index (χ1v) is 11.7. The van der Waals surface area contributed by atoms with Gasteiger partial charge in [-0.1, -0.05) is 11.6 Å². The zero-order chi connectivity index (χ0) is 19.8. The number of hydrogen-bond acceptors (Lipinski definition) is 4. The molecule has 1 amide bonds. The zero-order valence-corrected chi connectivity index (χ0v) is 19.1. The van der Waals surface area contributed by atoms with E-state index in [4.69, 9.17) is 16.3 Å². The van der Waals surface area contributed by atoms with Crippen molar-refractivity contribution in [2.75, 3.05) is 26.2 Å². The molecule has 2 heterocycles. The van der Waals surface area contributed by atoms with Crippen LogP contribution in [0.15, 0.2) is 12.3 Å². The fourth-order valence-corrected chi connectivity index (χ4v) is 7.00. The van der Waals surface area contributed by atoms with Gasteiger partial charge in [0, 0.05) is 25.1 Å². The third kappa shape index (κ3) is 4.73. The number of aromatic nitrogens is 1. The summed E-state index contributed by atoms with van der Waals surface area (Å²) in [4.78, 5) is 17.2. The van der Waals surface area contributed by atoms with E-state index in [-0.39, 0.29) is 18.3 Å². The molecule has 0 spiro atoms. The number of halogens is 2. The summed E-state index contributed by atoms with van der Waals surface area (Å²) in [6.45, 7) is 3.46. The lowest BCUT2D eigenvalue weighted by Gasteiger charge is -2.56. The van der Waals surface area contributed by atoms with E-state index >= 15 is 0 Å². The molecule has 1 saturated heterocycles. The third-order valence-electron chi connectivity index (χ3n) is 7.73. The van der Waals surface area contributed by atoms with Crippen molar-refractivity contribution in [2.45, 2.75) is 51.4 Å². The monoisotopic (exact) mass is 453 g/mol. The van der Waals surface area contributed by atoms with Crippen LogP contribution in [0.5, 0.6) is 5.88 Å². The summed E-state index contributed by atoms with van der Waals surface area (Å²) in [5.41, 5.74) is 0.792. The lowest BCUT2D eigenvalue weighted by molar-refractivity contribution is -0.0503. The summed E-state index contributed by atoms with van der Waals surface area (Å²) in [5.74, 6) is 3.54. The maximum absolute atomic E-state index is 12.9. The maximum Gasteiger partial charge on any atom is 0.253 e. The molecule has 30 heavy (non-hydrogen) atoms. The lowest BCUT2D eigenvalue weighted by Crippen LogP contribution is -2.51. The molecule has 1 aromatic rings. The Morgan fingerprint density at radius 1 is 1.23 bits per heavy atom. The van der Waals surface area contributed by atoms with Crippen molar-refractivity contribution in [1.29, 1.82) is 0 Å². The molecule has 4 saturated carbocycles. The van der Waals surface area contributed by atoms with Gasteiger partial charge in [0.2, 0.25) is 5.88 Å². The number of nitrogens with zero attached hydrogens (tertiary/aromatic N) is 1. The van der Waals surface area contributed by atoms with Gasteiger partial charge in [-0.15, -0.1) is 12.4 Å². The van der Waals surface area contributed by atoms with Crippen LogP contribution in [-0.4, -0.2) is 37.1 Å². The summed E-state index contributed by atoms with van der Waals surface area (Å²) in [7, 11) is 0. The molecule has 166 valence electrons. The number of nitrogens with one attached hydrogen (secondary N) is 2. The number of carbonyl (C=O) groups excluding carboxylic acids is 1. The predicted molar refractivity (Wildman–Crippen MR) is 121 cm³/mol. The van der Waals surface area contributed by atoms with E-state index in [1.807, 2.05) is 0 Å². The summed E-state index contributed by atoms with van der Waals surface area (Å²) in [5, 5.41) is 7.00. The molecule has 7 heteroatoms. The number of rotatable bonds is 6. The van der Waals surface area contributed by atoms with Gasteiger partial charge < -0.3 is 15.4 Å². The second-order valence-corrected chi connectivity index (χ2v) is 10.5. The Labute approximate surface area is 190 Å². The third-order valence-corrected chi connectivity index (χ3v) is 8.03. The van der Waals surface area contributed by atoms with Gasteiger partial charge in [0.1, 0.15) is 0 Å². The Morgan fingerprint density at radius 3 is 2.57 bits per heavy atom. The molecule has 4 bridgehead atoms. The molecular formula is C23H33Cl2N3O2. The van der Waals surface area contributed by atoms with Gasteiger partial charge in [-0.2, -0.15) is 0 Å². The van der Waals surface area contributed by atoms with Crippen LogP contribution in [0.3, 0.4) is 0 Å². The van der Waals surface area contributed by atoms with E-state index in [0.29, 0.717) is 34.4 Å². The zero-order valence-electron chi connectivity index (χ0n) is 17.5. The van der Waals surface area contributed by atoms with Gasteiger partial charge in [0.25, 0.3) is 5.91 Å². The Morgan fingerprint density at radius 2 is 1.93 bits per heavy atom. The summed E-state index contributed by atoms with van der Waals surface area (Å²) < 4.78 is 5.88. The van der Waals surface area contributed by atoms with Crippen LogP contribution >= 0.6 is 24.0 Å². The van der Waals surface area contributed by atoms with Crippen LogP contribution in [0.4, 0.5) is 0 Å². The number of pyridine rings is 1. The van der Waals surface area contributed by atoms with Crippen LogP contribution in [0.2, 0.25) is 5.02 Å². The highest BCUT2D eigenvalue weighted by atomic mass is 35.5. The maximum atomic E-state index is 12.9. The van der Waals surface area contributed by atoms with Gasteiger partial charge in [0.15, 0.2) is 0 Å². The van der Waals surface area contributed by atoms with Gasteiger partial charge >= 0.3 is 0 Å². The van der Waals surface area contributed by atoms with Gasteiger partial charge in [-0.3, -0.25) is 4.79 Å². The second kappa shape index (κ2) is 9.22. The summed E-state index contributed by atoms with van der Waals surface area (Å²) in [6, 6.07) is 1.70. The molecule has 1 aromatic heterocycles. The number of ether oxygens (including phenoxy) is 1. The van der Waals surface area contributed by atoms with Crippen molar-refractivity contribution in [3.63, 3.8) is 0 Å². The molecule has 2 N–H and O–H groups in total. The first kappa shape index (κ1) is 22.2. The van der Waals surface area contributed by atoms with E-state index < -0.39 is 0 Å². The quantitative estimate of drug-likeness (QED) is 0.666. The highest BCUT2D eigenvalue weighted by Gasteiger charge is 2.50. The van der Waals surface area contributed by atoms with Gasteiger partial charge in [-0.05, 0) is 81.1 Å². The smallest absolute Gasteiger partial charge is 0.253 e. The van der Waals surface area contributed by atoms with Crippen molar-refractivity contribution in [2.24, 2.45) is 29.1 Å². The molecule has 6 rings (SSSR count). The second-order valence-electron chi connectivity index (χ2n) is 10.1. The summed E-state index contributed by atoms with van der Waals surface area (Å²) in [6.07, 6.45) is 12.0. The average molecular weight is 454 g/mol. The average Bonchev–Trinajstić information content (AvgIpc) is 2.71. The van der Waals surface area contributed by atoms with Gasteiger partial charge in [0.05, 0.1) is 23.4 Å². The normalized spacial score (nSPS) is 34.3. The van der Waals surface area contributed by atoms with E-state index in [0.717, 1.165) is 37.4 Å². The standard InChI is InChI=1S/C23H32ClN3O2.ClH/c24-20-12-26-21(29-13-15-2-1-3-25-11-15)7-19(20)22(28)27-14-23-8-16-4-17(9-23)6-18(5-16)10-23;/h7,12,15-18,25H,1-6,8-11,13-14H2,(H,27,28);1H. The summed E-state index contributed by atoms with van der Waals surface area (Å²) >= 11 is 6.31. The Bertz CT molecular complexity index is 732. The van der Waals surface area contributed by atoms with Crippen molar-refractivity contribution in [1.82, 2.24) is 15.6 Å². The fourth-order valence-electron chi connectivity index (χ4n) is 6.81. The van der Waals surface area contributed by atoms with Crippen LogP contribution < -0.4 is 15.4 Å². The van der Waals surface area contributed by atoms with Crippen LogP contribution in [0.25, 0.3) is 0 Å². The molecule has 1 aliphatic heterocycles. The van der Waals surface area contributed by atoms with Crippen molar-refractivity contribution < 1.29 is 9.53 Å². The highest BCUT2D eigenvalue weighted by molar-refractivity contribution is 6.33. The minimum absolute atomic E-state index is 0. The first-order valence-electron chi connectivity index (χ1n) is 11.4. The lowest BCUT2D eigenvalue weighted by atomic mass is 9.49. The first-order chi connectivity index (χ1) is 14.1. The fraction of sp³-hybridized carbons (Fsp3) is 0.739.